The summed E-state index contributed by atoms with van der Waals surface area (Å²) in [5, 5.41) is 0. The molecule has 0 aromatic heterocycles. The third kappa shape index (κ3) is 4.29. The molecule has 4 rings (SSSR count). The van der Waals surface area contributed by atoms with Gasteiger partial charge in [-0.3, -0.25) is 9.59 Å². The highest BCUT2D eigenvalue weighted by molar-refractivity contribution is 7.87. The Balaban J connectivity index is 1.91. The predicted octanol–water partition coefficient (Wildman–Crippen LogP) is 5.91. The standard InChI is InChI=1S/C28H37F3O7S/c1-8-9-16(2)25(6)12-10-19-22(38-39(34,35)28(29,30)31)18(14-21(26(19,25)7)36-17(3)32)15-27-13-11-20(37-27)24(4,5)23(27)33/h8,10,16,20-21H,1,9,11-15H2,2-7H3/t16-,20+,21-,25+,26+,27+/m1/s1. The summed E-state index contributed by atoms with van der Waals surface area (Å²) in [6.07, 6.45) is 3.90. The minimum Gasteiger partial charge on any atom is -0.461 e. The van der Waals surface area contributed by atoms with E-state index in [4.69, 9.17) is 13.7 Å². The van der Waals surface area contributed by atoms with Gasteiger partial charge in [-0.05, 0) is 42.6 Å². The fourth-order valence-corrected chi connectivity index (χ4v) is 7.86. The second kappa shape index (κ2) is 9.19. The smallest absolute Gasteiger partial charge is 0.461 e. The van der Waals surface area contributed by atoms with Crippen molar-refractivity contribution in [1.29, 1.82) is 0 Å². The van der Waals surface area contributed by atoms with Crippen molar-refractivity contribution in [2.75, 3.05) is 0 Å². The van der Waals surface area contributed by atoms with Crippen LogP contribution in [0, 0.1) is 22.2 Å². The molecule has 0 unspecified atom stereocenters. The second-order valence-electron chi connectivity index (χ2n) is 12.5. The molecule has 2 aliphatic carbocycles. The van der Waals surface area contributed by atoms with Crippen LogP contribution in [0.3, 0.4) is 0 Å². The van der Waals surface area contributed by atoms with Gasteiger partial charge in [0.05, 0.1) is 11.5 Å². The van der Waals surface area contributed by atoms with Crippen molar-refractivity contribution in [1.82, 2.24) is 0 Å². The summed E-state index contributed by atoms with van der Waals surface area (Å²) >= 11 is 0. The number of allylic oxidation sites excluding steroid dienone is 3. The van der Waals surface area contributed by atoms with E-state index < -0.39 is 55.3 Å². The van der Waals surface area contributed by atoms with Crippen molar-refractivity contribution in [2.45, 2.75) is 103 Å². The highest BCUT2D eigenvalue weighted by Gasteiger charge is 2.66. The van der Waals surface area contributed by atoms with Crippen LogP contribution in [-0.2, 0) is 33.4 Å². The topological polar surface area (TPSA) is 96.0 Å². The van der Waals surface area contributed by atoms with Crippen molar-refractivity contribution in [3.63, 3.8) is 0 Å². The van der Waals surface area contributed by atoms with E-state index >= 15 is 0 Å². The van der Waals surface area contributed by atoms with Crippen LogP contribution in [0.15, 0.2) is 35.6 Å². The first kappa shape index (κ1) is 29.8. The highest BCUT2D eigenvalue weighted by Crippen LogP contribution is 2.66. The molecule has 0 N–H and O–H groups in total. The Bertz CT molecular complexity index is 1260. The molecule has 0 aromatic rings. The van der Waals surface area contributed by atoms with Crippen LogP contribution < -0.4 is 0 Å². The lowest BCUT2D eigenvalue weighted by Gasteiger charge is -2.53. The monoisotopic (exact) mass is 574 g/mol. The number of hydrogen-bond donors (Lipinski definition) is 0. The molecule has 6 atom stereocenters. The Kier molecular flexibility index (Phi) is 7.03. The molecule has 11 heteroatoms. The number of ketones is 1. The SMILES string of the molecule is C=CC[C@@H](C)[C@]1(C)CC=C2C(OS(=O)(=O)C(F)(F)F)=C(C[C@]34CC[C@H](O3)C(C)(C)C4=O)C[C@@H](OC(C)=O)[C@]21C. The summed E-state index contributed by atoms with van der Waals surface area (Å²) in [6.45, 7) is 14.3. The molecule has 0 saturated carbocycles. The van der Waals surface area contributed by atoms with Gasteiger partial charge in [0.15, 0.2) is 5.78 Å². The van der Waals surface area contributed by atoms with E-state index in [9.17, 15) is 31.2 Å². The fourth-order valence-electron chi connectivity index (χ4n) is 7.34. The van der Waals surface area contributed by atoms with E-state index in [1.165, 1.54) is 6.92 Å². The van der Waals surface area contributed by atoms with Crippen LogP contribution in [-0.4, -0.2) is 43.5 Å². The molecule has 2 heterocycles. The van der Waals surface area contributed by atoms with Gasteiger partial charge >= 0.3 is 21.6 Å². The number of esters is 1. The zero-order chi connectivity index (χ0) is 29.4. The van der Waals surface area contributed by atoms with E-state index in [-0.39, 0.29) is 41.8 Å². The quantitative estimate of drug-likeness (QED) is 0.154. The number of carbonyl (C=O) groups is 2. The van der Waals surface area contributed by atoms with E-state index in [0.717, 1.165) is 0 Å². The number of hydrogen-bond acceptors (Lipinski definition) is 7. The molecule has 2 aliphatic heterocycles. The van der Waals surface area contributed by atoms with E-state index in [1.54, 1.807) is 32.9 Å². The van der Waals surface area contributed by atoms with Gasteiger partial charge in [0.2, 0.25) is 0 Å². The summed E-state index contributed by atoms with van der Waals surface area (Å²) < 4.78 is 82.4. The maximum Gasteiger partial charge on any atom is 0.534 e. The Labute approximate surface area is 227 Å². The molecule has 2 saturated heterocycles. The van der Waals surface area contributed by atoms with Crippen LogP contribution in [0.1, 0.15) is 80.1 Å². The lowest BCUT2D eigenvalue weighted by atomic mass is 9.53. The maximum absolute atomic E-state index is 13.6. The average molecular weight is 575 g/mol. The molecule has 4 aliphatic rings. The molecule has 2 bridgehead atoms. The Morgan fingerprint density at radius 2 is 1.92 bits per heavy atom. The van der Waals surface area contributed by atoms with E-state index in [1.807, 2.05) is 13.8 Å². The molecule has 2 fully saturated rings. The fraction of sp³-hybridized carbons (Fsp3) is 0.714. The zero-order valence-corrected chi connectivity index (χ0v) is 24.1. The van der Waals surface area contributed by atoms with Crippen LogP contribution in [0.5, 0.6) is 0 Å². The second-order valence-corrected chi connectivity index (χ2v) is 14.0. The van der Waals surface area contributed by atoms with Crippen LogP contribution in [0.2, 0.25) is 0 Å². The molecule has 0 aromatic carbocycles. The number of alkyl halides is 3. The van der Waals surface area contributed by atoms with Crippen molar-refractivity contribution in [3.05, 3.63) is 35.6 Å². The predicted molar refractivity (Wildman–Crippen MR) is 136 cm³/mol. The van der Waals surface area contributed by atoms with Crippen LogP contribution in [0.25, 0.3) is 0 Å². The van der Waals surface area contributed by atoms with E-state index in [2.05, 4.69) is 6.58 Å². The number of halogens is 3. The van der Waals surface area contributed by atoms with Gasteiger partial charge in [-0.1, -0.05) is 46.8 Å². The van der Waals surface area contributed by atoms with Gasteiger partial charge in [0, 0.05) is 30.8 Å². The van der Waals surface area contributed by atoms with Gasteiger partial charge in [-0.15, -0.1) is 6.58 Å². The molecular weight excluding hydrogens is 537 g/mol. The van der Waals surface area contributed by atoms with Gasteiger partial charge in [0.1, 0.15) is 17.5 Å². The first-order chi connectivity index (χ1) is 17.8. The van der Waals surface area contributed by atoms with Gasteiger partial charge in [-0.25, -0.2) is 0 Å². The molecule has 0 amide bonds. The van der Waals surface area contributed by atoms with Crippen LogP contribution >= 0.6 is 0 Å². The molecule has 0 spiro atoms. The zero-order valence-electron chi connectivity index (χ0n) is 23.2. The summed E-state index contributed by atoms with van der Waals surface area (Å²) in [5.74, 6) is -1.24. The number of Topliss-reactive ketones (excluding diaryl/α,β-unsaturated/α-hetero) is 1. The Morgan fingerprint density at radius 3 is 2.44 bits per heavy atom. The van der Waals surface area contributed by atoms with E-state index in [0.29, 0.717) is 25.7 Å². The third-order valence-electron chi connectivity index (χ3n) is 9.99. The maximum atomic E-state index is 13.6. The molecule has 218 valence electrons. The highest BCUT2D eigenvalue weighted by atomic mass is 32.2. The van der Waals surface area contributed by atoms with Gasteiger partial charge in [-0.2, -0.15) is 21.6 Å². The average Bonchev–Trinajstić information content (AvgIpc) is 3.41. The lowest BCUT2D eigenvalue weighted by Crippen LogP contribution is -2.52. The Hall–Kier alpha value is -2.14. The van der Waals surface area contributed by atoms with Crippen molar-refractivity contribution in [2.24, 2.45) is 22.2 Å². The summed E-state index contributed by atoms with van der Waals surface area (Å²) in [4.78, 5) is 25.7. The third-order valence-corrected chi connectivity index (χ3v) is 10.9. The minimum atomic E-state index is -6.04. The molecule has 0 radical (unpaired) electrons. The Morgan fingerprint density at radius 1 is 1.28 bits per heavy atom. The number of carbonyl (C=O) groups excluding carboxylic acids is 2. The molecule has 39 heavy (non-hydrogen) atoms. The van der Waals surface area contributed by atoms with Crippen molar-refractivity contribution >= 4 is 21.9 Å². The van der Waals surface area contributed by atoms with Gasteiger partial charge < -0.3 is 13.7 Å². The molecule has 7 nitrogen and oxygen atoms in total. The van der Waals surface area contributed by atoms with Crippen molar-refractivity contribution in [3.8, 4) is 0 Å². The summed E-state index contributed by atoms with van der Waals surface area (Å²) in [7, 11) is -6.04. The minimum absolute atomic E-state index is 0.0523. The number of fused-ring (bicyclic) bond motifs is 3. The first-order valence-corrected chi connectivity index (χ1v) is 14.6. The summed E-state index contributed by atoms with van der Waals surface area (Å²) in [5.41, 5.74) is -9.10. The number of ether oxygens (including phenoxy) is 2. The van der Waals surface area contributed by atoms with Gasteiger partial charge in [0.25, 0.3) is 0 Å². The van der Waals surface area contributed by atoms with Crippen LogP contribution in [0.4, 0.5) is 13.2 Å². The largest absolute Gasteiger partial charge is 0.534 e. The summed E-state index contributed by atoms with van der Waals surface area (Å²) in [6, 6.07) is 0. The number of rotatable bonds is 8. The first-order valence-electron chi connectivity index (χ1n) is 13.2. The lowest BCUT2D eigenvalue weighted by molar-refractivity contribution is -0.159. The molecular formula is C28H37F3O7S. The normalized spacial score (nSPS) is 36.4. The van der Waals surface area contributed by atoms with Crippen molar-refractivity contribution < 1.29 is 44.8 Å².